The molecule has 192 valence electrons. The number of hydrogen-bond acceptors (Lipinski definition) is 8. The first-order valence-corrected chi connectivity index (χ1v) is 12.7. The third-order valence-corrected chi connectivity index (χ3v) is 6.69. The summed E-state index contributed by atoms with van der Waals surface area (Å²) in [5.74, 6) is 1.33. The van der Waals surface area contributed by atoms with Gasteiger partial charge in [-0.05, 0) is 55.9 Å². The second-order valence-electron chi connectivity index (χ2n) is 9.14. The van der Waals surface area contributed by atoms with Crippen molar-refractivity contribution in [3.8, 4) is 5.75 Å². The summed E-state index contributed by atoms with van der Waals surface area (Å²) in [6.07, 6.45) is 2.36. The number of aromatic nitrogens is 2. The number of hydrogen-bond donors (Lipinski definition) is 2. The second kappa shape index (κ2) is 10.7. The van der Waals surface area contributed by atoms with Gasteiger partial charge in [0.2, 0.25) is 5.95 Å². The van der Waals surface area contributed by atoms with Crippen LogP contribution in [0.2, 0.25) is 5.02 Å². The molecular weight excluding hydrogens is 490 g/mol. The van der Waals surface area contributed by atoms with E-state index in [1.54, 1.807) is 17.2 Å². The van der Waals surface area contributed by atoms with E-state index in [0.29, 0.717) is 40.5 Å². The van der Waals surface area contributed by atoms with Gasteiger partial charge in [0.05, 0.1) is 11.9 Å². The van der Waals surface area contributed by atoms with Crippen molar-refractivity contribution in [2.45, 2.75) is 13.3 Å². The molecule has 2 aliphatic heterocycles. The first-order chi connectivity index (χ1) is 17.9. The molecule has 0 unspecified atom stereocenters. The fourth-order valence-electron chi connectivity index (χ4n) is 4.38. The average molecular weight is 520 g/mol. The summed E-state index contributed by atoms with van der Waals surface area (Å²) in [7, 11) is 2.15. The van der Waals surface area contributed by atoms with Gasteiger partial charge in [-0.15, -0.1) is 0 Å². The van der Waals surface area contributed by atoms with Gasteiger partial charge in [-0.25, -0.2) is 4.98 Å². The number of fused-ring (bicyclic) bond motifs is 1. The lowest BCUT2D eigenvalue weighted by Gasteiger charge is -2.34. The van der Waals surface area contributed by atoms with Crippen LogP contribution in [0.15, 0.2) is 61.0 Å². The van der Waals surface area contributed by atoms with E-state index in [-0.39, 0.29) is 11.7 Å². The average Bonchev–Trinajstić information content (AvgIpc) is 2.90. The van der Waals surface area contributed by atoms with Crippen LogP contribution >= 0.6 is 11.6 Å². The molecule has 9 nitrogen and oxygen atoms in total. The number of likely N-dealkylation sites (N-methyl/N-ethyl adjacent to an activating group) is 1. The Labute approximate surface area is 221 Å². The van der Waals surface area contributed by atoms with Gasteiger partial charge in [0, 0.05) is 49.8 Å². The maximum atomic E-state index is 12.6. The number of nitrogens with one attached hydrogen (secondary N) is 2. The van der Waals surface area contributed by atoms with Crippen molar-refractivity contribution >= 4 is 52.0 Å². The van der Waals surface area contributed by atoms with Gasteiger partial charge in [0.25, 0.3) is 5.91 Å². The van der Waals surface area contributed by atoms with Crippen LogP contribution in [-0.4, -0.2) is 60.5 Å². The van der Waals surface area contributed by atoms with Crippen molar-refractivity contribution in [2.24, 2.45) is 0 Å². The third-order valence-electron chi connectivity index (χ3n) is 6.41. The number of benzene rings is 2. The van der Waals surface area contributed by atoms with Crippen LogP contribution in [0.5, 0.6) is 5.75 Å². The van der Waals surface area contributed by atoms with Gasteiger partial charge >= 0.3 is 0 Å². The molecule has 2 aliphatic rings. The summed E-state index contributed by atoms with van der Waals surface area (Å²) in [5.41, 5.74) is 3.47. The third kappa shape index (κ3) is 5.47. The predicted octanol–water partition coefficient (Wildman–Crippen LogP) is 5.02. The fourth-order valence-corrected chi connectivity index (χ4v) is 4.51. The summed E-state index contributed by atoms with van der Waals surface area (Å²) >= 11 is 6.41. The van der Waals surface area contributed by atoms with E-state index in [4.69, 9.17) is 16.3 Å². The van der Waals surface area contributed by atoms with Crippen LogP contribution in [0.25, 0.3) is 0 Å². The molecule has 37 heavy (non-hydrogen) atoms. The van der Waals surface area contributed by atoms with Gasteiger partial charge in [-0.2, -0.15) is 4.98 Å². The van der Waals surface area contributed by atoms with Crippen LogP contribution < -0.4 is 25.2 Å². The molecule has 0 bridgehead atoms. The fraction of sp³-hybridized carbons (Fsp3) is 0.296. The number of amides is 1. The molecule has 0 saturated carbocycles. The van der Waals surface area contributed by atoms with Crippen molar-refractivity contribution in [1.82, 2.24) is 14.9 Å². The predicted molar refractivity (Wildman–Crippen MR) is 149 cm³/mol. The molecule has 3 heterocycles. The highest BCUT2D eigenvalue weighted by Gasteiger charge is 2.28. The van der Waals surface area contributed by atoms with Crippen molar-refractivity contribution in [2.75, 3.05) is 60.2 Å². The first-order valence-electron chi connectivity index (χ1n) is 12.3. The highest BCUT2D eigenvalue weighted by molar-refractivity contribution is 6.32. The van der Waals surface area contributed by atoms with E-state index in [1.807, 2.05) is 31.2 Å². The van der Waals surface area contributed by atoms with Crippen molar-refractivity contribution in [3.05, 3.63) is 66.0 Å². The smallest absolute Gasteiger partial charge is 0.293 e. The SMILES string of the molecule is C=C1Oc2ccc(Nc3nc(Nc4ccc(N5CCN(C)CC5)cc4)ncc3Cl)cc2N(CCC)C1=O. The summed E-state index contributed by atoms with van der Waals surface area (Å²) < 4.78 is 5.61. The number of rotatable bonds is 7. The molecule has 3 aromatic rings. The van der Waals surface area contributed by atoms with Crippen LogP contribution in [0, 0.1) is 0 Å². The first kappa shape index (κ1) is 24.9. The molecule has 0 atom stereocenters. The molecule has 0 aliphatic carbocycles. The quantitative estimate of drug-likeness (QED) is 0.421. The Morgan fingerprint density at radius 2 is 1.78 bits per heavy atom. The Kier molecular flexibility index (Phi) is 7.16. The Hall–Kier alpha value is -3.82. The number of piperazine rings is 1. The minimum absolute atomic E-state index is 0.118. The Balaban J connectivity index is 1.31. The largest absolute Gasteiger partial charge is 0.450 e. The molecule has 1 aromatic heterocycles. The zero-order valence-electron chi connectivity index (χ0n) is 21.0. The van der Waals surface area contributed by atoms with Gasteiger partial charge < -0.3 is 30.1 Å². The molecule has 1 saturated heterocycles. The molecule has 10 heteroatoms. The topological polar surface area (TPSA) is 85.9 Å². The number of anilines is 6. The molecular formula is C27H30ClN7O2. The minimum Gasteiger partial charge on any atom is -0.450 e. The summed E-state index contributed by atoms with van der Waals surface area (Å²) in [6.45, 7) is 10.5. The van der Waals surface area contributed by atoms with E-state index < -0.39 is 0 Å². The maximum absolute atomic E-state index is 12.6. The molecule has 2 aromatic carbocycles. The number of halogens is 1. The van der Waals surface area contributed by atoms with Crippen LogP contribution in [-0.2, 0) is 4.79 Å². The number of nitrogens with zero attached hydrogens (tertiary/aromatic N) is 5. The molecule has 0 spiro atoms. The van der Waals surface area contributed by atoms with Gasteiger partial charge in [0.15, 0.2) is 17.3 Å². The number of ether oxygens (including phenoxy) is 1. The van der Waals surface area contributed by atoms with E-state index >= 15 is 0 Å². The Bertz CT molecular complexity index is 1310. The lowest BCUT2D eigenvalue weighted by atomic mass is 10.2. The van der Waals surface area contributed by atoms with Crippen LogP contribution in [0.1, 0.15) is 13.3 Å². The monoisotopic (exact) mass is 519 g/mol. The maximum Gasteiger partial charge on any atom is 0.293 e. The molecule has 2 N–H and O–H groups in total. The second-order valence-corrected chi connectivity index (χ2v) is 9.55. The molecule has 5 rings (SSSR count). The highest BCUT2D eigenvalue weighted by Crippen LogP contribution is 2.38. The molecule has 1 fully saturated rings. The van der Waals surface area contributed by atoms with Gasteiger partial charge in [-0.1, -0.05) is 25.1 Å². The molecule has 1 amide bonds. The number of carbonyl (C=O) groups is 1. The Morgan fingerprint density at radius 3 is 2.51 bits per heavy atom. The van der Waals surface area contributed by atoms with Gasteiger partial charge in [-0.3, -0.25) is 4.79 Å². The van der Waals surface area contributed by atoms with Gasteiger partial charge in [0.1, 0.15) is 5.02 Å². The highest BCUT2D eigenvalue weighted by atomic mass is 35.5. The Morgan fingerprint density at radius 1 is 1.05 bits per heavy atom. The minimum atomic E-state index is -0.239. The summed E-state index contributed by atoms with van der Waals surface area (Å²) in [4.78, 5) is 27.9. The summed E-state index contributed by atoms with van der Waals surface area (Å²) in [5, 5.41) is 6.87. The zero-order valence-corrected chi connectivity index (χ0v) is 21.8. The normalized spacial score (nSPS) is 15.9. The standard InChI is InChI=1S/C27H30ClN7O2/c1-4-11-35-23-16-20(7-10-24(23)37-18(2)26(35)36)30-25-22(28)17-29-27(32-25)31-19-5-8-21(9-6-19)34-14-12-33(3)13-15-34/h5-10,16-17H,2,4,11-15H2,1,3H3,(H2,29,30,31,32). The number of carbonyl (C=O) groups excluding carboxylic acids is 1. The summed E-state index contributed by atoms with van der Waals surface area (Å²) in [6, 6.07) is 13.7. The van der Waals surface area contributed by atoms with Crippen molar-refractivity contribution in [3.63, 3.8) is 0 Å². The zero-order chi connectivity index (χ0) is 25.9. The van der Waals surface area contributed by atoms with E-state index in [2.05, 4.69) is 56.2 Å². The lowest BCUT2D eigenvalue weighted by Crippen LogP contribution is -2.44. The van der Waals surface area contributed by atoms with E-state index in [0.717, 1.165) is 38.3 Å². The van der Waals surface area contributed by atoms with E-state index in [9.17, 15) is 4.79 Å². The van der Waals surface area contributed by atoms with E-state index in [1.165, 1.54) is 5.69 Å². The molecule has 0 radical (unpaired) electrons. The van der Waals surface area contributed by atoms with Crippen molar-refractivity contribution < 1.29 is 9.53 Å². The van der Waals surface area contributed by atoms with Crippen LogP contribution in [0.4, 0.5) is 34.5 Å². The van der Waals surface area contributed by atoms with Crippen LogP contribution in [0.3, 0.4) is 0 Å². The van der Waals surface area contributed by atoms with Crippen molar-refractivity contribution in [1.29, 1.82) is 0 Å². The lowest BCUT2D eigenvalue weighted by molar-refractivity contribution is -0.117.